The van der Waals surface area contributed by atoms with Crippen molar-refractivity contribution in [1.82, 2.24) is 10.2 Å². The molecule has 1 saturated carbocycles. The molecule has 1 heterocycles. The molecule has 0 aromatic rings. The number of hydrogen-bond donors (Lipinski definition) is 1. The van der Waals surface area contributed by atoms with Crippen molar-refractivity contribution in [1.29, 1.82) is 0 Å². The lowest BCUT2D eigenvalue weighted by Crippen LogP contribution is -2.52. The first-order valence-corrected chi connectivity index (χ1v) is 7.12. The van der Waals surface area contributed by atoms with E-state index in [-0.39, 0.29) is 5.54 Å². The molecule has 0 spiro atoms. The predicted molar refractivity (Wildman–Crippen MR) is 69.9 cm³/mol. The maximum absolute atomic E-state index is 12.4. The van der Waals surface area contributed by atoms with E-state index in [0.29, 0.717) is 11.8 Å². The van der Waals surface area contributed by atoms with Crippen molar-refractivity contribution >= 4 is 5.91 Å². The average Bonchev–Trinajstić information content (AvgIpc) is 2.40. The minimum absolute atomic E-state index is 0.239. The van der Waals surface area contributed by atoms with Gasteiger partial charge in [-0.05, 0) is 39.7 Å². The topological polar surface area (TPSA) is 32.3 Å². The molecular formula is C14H26N2O. The second kappa shape index (κ2) is 5.38. The van der Waals surface area contributed by atoms with Gasteiger partial charge in [0.15, 0.2) is 0 Å². The van der Waals surface area contributed by atoms with Gasteiger partial charge in [-0.15, -0.1) is 0 Å². The van der Waals surface area contributed by atoms with Crippen LogP contribution in [0.5, 0.6) is 0 Å². The van der Waals surface area contributed by atoms with Crippen molar-refractivity contribution in [3.05, 3.63) is 0 Å². The second-order valence-corrected chi connectivity index (χ2v) is 5.97. The Hall–Kier alpha value is -0.570. The Morgan fingerprint density at radius 3 is 2.29 bits per heavy atom. The Kier molecular flexibility index (Phi) is 4.08. The second-order valence-electron chi connectivity index (χ2n) is 5.97. The van der Waals surface area contributed by atoms with Gasteiger partial charge in [-0.2, -0.15) is 0 Å². The third-order valence-corrected chi connectivity index (χ3v) is 4.74. The van der Waals surface area contributed by atoms with Gasteiger partial charge >= 0.3 is 0 Å². The normalized spacial score (nSPS) is 25.9. The molecule has 2 aliphatic rings. The summed E-state index contributed by atoms with van der Waals surface area (Å²) in [4.78, 5) is 14.5. The Labute approximate surface area is 105 Å². The molecule has 0 atom stereocenters. The minimum atomic E-state index is 0.239. The zero-order valence-corrected chi connectivity index (χ0v) is 11.3. The number of nitrogens with zero attached hydrogens (tertiary/aromatic N) is 1. The van der Waals surface area contributed by atoms with E-state index < -0.39 is 0 Å². The molecule has 98 valence electrons. The van der Waals surface area contributed by atoms with Gasteiger partial charge < -0.3 is 10.2 Å². The molecule has 2 rings (SSSR count). The summed E-state index contributed by atoms with van der Waals surface area (Å²) >= 11 is 0. The fourth-order valence-electron chi connectivity index (χ4n) is 3.08. The van der Waals surface area contributed by atoms with Crippen LogP contribution < -0.4 is 5.32 Å². The lowest BCUT2D eigenvalue weighted by Gasteiger charge is -2.40. The third kappa shape index (κ3) is 3.01. The number of amides is 1. The molecule has 17 heavy (non-hydrogen) atoms. The Morgan fingerprint density at radius 2 is 1.76 bits per heavy atom. The quantitative estimate of drug-likeness (QED) is 0.799. The Balaban J connectivity index is 1.85. The van der Waals surface area contributed by atoms with Crippen LogP contribution in [0.3, 0.4) is 0 Å². The molecule has 0 bridgehead atoms. The molecule has 2 fully saturated rings. The zero-order valence-electron chi connectivity index (χ0n) is 11.3. The van der Waals surface area contributed by atoms with Crippen molar-refractivity contribution in [3.63, 3.8) is 0 Å². The summed E-state index contributed by atoms with van der Waals surface area (Å²) in [6, 6.07) is 0. The van der Waals surface area contributed by atoms with Gasteiger partial charge in [0.1, 0.15) is 0 Å². The first-order valence-electron chi connectivity index (χ1n) is 7.12. The minimum Gasteiger partial charge on any atom is -0.342 e. The summed E-state index contributed by atoms with van der Waals surface area (Å²) in [7, 11) is 2.03. The van der Waals surface area contributed by atoms with E-state index in [0.717, 1.165) is 38.8 Å². The van der Waals surface area contributed by atoms with Gasteiger partial charge in [0, 0.05) is 24.5 Å². The molecular weight excluding hydrogens is 212 g/mol. The molecule has 1 N–H and O–H groups in total. The maximum Gasteiger partial charge on any atom is 0.225 e. The average molecular weight is 238 g/mol. The van der Waals surface area contributed by atoms with Crippen LogP contribution in [0.1, 0.15) is 51.9 Å². The van der Waals surface area contributed by atoms with E-state index in [4.69, 9.17) is 0 Å². The molecule has 1 amide bonds. The van der Waals surface area contributed by atoms with Gasteiger partial charge in [-0.1, -0.05) is 19.3 Å². The van der Waals surface area contributed by atoms with Crippen LogP contribution in [0, 0.1) is 5.92 Å². The fraction of sp³-hybridized carbons (Fsp3) is 0.929. The Morgan fingerprint density at radius 1 is 1.18 bits per heavy atom. The maximum atomic E-state index is 12.4. The van der Waals surface area contributed by atoms with Crippen molar-refractivity contribution in [3.8, 4) is 0 Å². The van der Waals surface area contributed by atoms with E-state index >= 15 is 0 Å². The van der Waals surface area contributed by atoms with E-state index in [1.165, 1.54) is 19.3 Å². The number of nitrogens with one attached hydrogen (secondary N) is 1. The molecule has 1 saturated heterocycles. The summed E-state index contributed by atoms with van der Waals surface area (Å²) < 4.78 is 0. The first kappa shape index (κ1) is 12.9. The molecule has 3 nitrogen and oxygen atoms in total. The number of carbonyl (C=O) groups excluding carboxylic acids is 1. The third-order valence-electron chi connectivity index (χ3n) is 4.74. The number of rotatable bonds is 2. The lowest BCUT2D eigenvalue weighted by molar-refractivity contribution is -0.138. The first-order chi connectivity index (χ1) is 8.14. The number of piperidine rings is 1. The van der Waals surface area contributed by atoms with Crippen LogP contribution in [0.25, 0.3) is 0 Å². The highest BCUT2D eigenvalue weighted by atomic mass is 16.2. The summed E-state index contributed by atoms with van der Waals surface area (Å²) in [5, 5.41) is 3.38. The molecule has 0 aromatic carbocycles. The van der Waals surface area contributed by atoms with Crippen LogP contribution in [0.4, 0.5) is 0 Å². The van der Waals surface area contributed by atoms with Gasteiger partial charge in [0.25, 0.3) is 0 Å². The predicted octanol–water partition coefficient (Wildman–Crippen LogP) is 2.17. The van der Waals surface area contributed by atoms with Crippen LogP contribution in [-0.4, -0.2) is 36.5 Å². The lowest BCUT2D eigenvalue weighted by atomic mass is 9.86. The number of carbonyl (C=O) groups is 1. The summed E-state index contributed by atoms with van der Waals surface area (Å²) in [5.41, 5.74) is 0.239. The SMILES string of the molecule is CNC1(C)CCN(C(=O)C2CCCCC2)CC1. The van der Waals surface area contributed by atoms with E-state index in [9.17, 15) is 4.79 Å². The van der Waals surface area contributed by atoms with Gasteiger partial charge in [0.05, 0.1) is 0 Å². The van der Waals surface area contributed by atoms with E-state index in [1.807, 2.05) is 7.05 Å². The summed E-state index contributed by atoms with van der Waals surface area (Å²) in [6.45, 7) is 4.13. The standard InChI is InChI=1S/C14H26N2O/c1-14(15-2)8-10-16(11-9-14)13(17)12-6-4-3-5-7-12/h12,15H,3-11H2,1-2H3. The van der Waals surface area contributed by atoms with Crippen molar-refractivity contribution in [2.75, 3.05) is 20.1 Å². The largest absolute Gasteiger partial charge is 0.342 e. The zero-order chi connectivity index (χ0) is 12.3. The van der Waals surface area contributed by atoms with Crippen molar-refractivity contribution in [2.24, 2.45) is 5.92 Å². The van der Waals surface area contributed by atoms with Gasteiger partial charge in [-0.3, -0.25) is 4.79 Å². The molecule has 0 aromatic heterocycles. The number of hydrogen-bond acceptors (Lipinski definition) is 2. The van der Waals surface area contributed by atoms with Gasteiger partial charge in [0.2, 0.25) is 5.91 Å². The van der Waals surface area contributed by atoms with E-state index in [1.54, 1.807) is 0 Å². The molecule has 0 radical (unpaired) electrons. The van der Waals surface area contributed by atoms with Crippen LogP contribution in [0.15, 0.2) is 0 Å². The van der Waals surface area contributed by atoms with Crippen LogP contribution >= 0.6 is 0 Å². The summed E-state index contributed by atoms with van der Waals surface area (Å²) in [6.07, 6.45) is 8.24. The fourth-order valence-corrected chi connectivity index (χ4v) is 3.08. The molecule has 0 unspecified atom stereocenters. The molecule has 1 aliphatic heterocycles. The van der Waals surface area contributed by atoms with Gasteiger partial charge in [-0.25, -0.2) is 0 Å². The van der Waals surface area contributed by atoms with Crippen LogP contribution in [-0.2, 0) is 4.79 Å². The monoisotopic (exact) mass is 238 g/mol. The highest BCUT2D eigenvalue weighted by Crippen LogP contribution is 2.28. The van der Waals surface area contributed by atoms with Crippen molar-refractivity contribution < 1.29 is 4.79 Å². The van der Waals surface area contributed by atoms with Crippen LogP contribution in [0.2, 0.25) is 0 Å². The number of likely N-dealkylation sites (tertiary alicyclic amines) is 1. The molecule has 3 heteroatoms. The smallest absolute Gasteiger partial charge is 0.225 e. The summed E-state index contributed by atoms with van der Waals surface area (Å²) in [5.74, 6) is 0.769. The molecule has 1 aliphatic carbocycles. The highest BCUT2D eigenvalue weighted by Gasteiger charge is 2.33. The Bertz CT molecular complexity index is 263. The van der Waals surface area contributed by atoms with E-state index in [2.05, 4.69) is 17.1 Å². The highest BCUT2D eigenvalue weighted by molar-refractivity contribution is 5.79. The van der Waals surface area contributed by atoms with Crippen molar-refractivity contribution in [2.45, 2.75) is 57.4 Å².